The summed E-state index contributed by atoms with van der Waals surface area (Å²) in [5.41, 5.74) is 0. The molecule has 0 aromatic carbocycles. The summed E-state index contributed by atoms with van der Waals surface area (Å²) < 4.78 is 0. The Hall–Kier alpha value is -1.59. The highest BCUT2D eigenvalue weighted by Crippen LogP contribution is 2.30. The molecular weight excluding hydrogens is 264 g/mol. The Kier molecular flexibility index (Phi) is 5.59. The molecule has 0 amide bonds. The molecular formula is C15H28N6. The zero-order chi connectivity index (χ0) is 15.2. The molecule has 118 valence electrons. The molecule has 1 saturated carbocycles. The molecule has 0 aliphatic heterocycles. The van der Waals surface area contributed by atoms with E-state index in [1.807, 2.05) is 0 Å². The number of hydrogen-bond donors (Lipinski definition) is 1. The molecule has 2 rings (SSSR count). The van der Waals surface area contributed by atoms with Gasteiger partial charge in [0, 0.05) is 32.2 Å². The number of aromatic nitrogens is 3. The van der Waals surface area contributed by atoms with Gasteiger partial charge in [-0.1, -0.05) is 6.92 Å². The van der Waals surface area contributed by atoms with E-state index in [9.17, 15) is 0 Å². The summed E-state index contributed by atoms with van der Waals surface area (Å²) in [4.78, 5) is 18.4. The minimum atomic E-state index is 0.617. The lowest BCUT2D eigenvalue weighted by atomic mass is 10.4. The summed E-state index contributed by atoms with van der Waals surface area (Å²) >= 11 is 0. The van der Waals surface area contributed by atoms with E-state index >= 15 is 0 Å². The molecule has 6 heteroatoms. The van der Waals surface area contributed by atoms with Gasteiger partial charge in [0.25, 0.3) is 0 Å². The molecule has 0 saturated heterocycles. The molecule has 1 N–H and O–H groups in total. The molecule has 1 aliphatic carbocycles. The van der Waals surface area contributed by atoms with Crippen molar-refractivity contribution in [3.05, 3.63) is 0 Å². The molecule has 0 radical (unpaired) electrons. The van der Waals surface area contributed by atoms with Gasteiger partial charge in [-0.05, 0) is 40.0 Å². The van der Waals surface area contributed by atoms with Crippen molar-refractivity contribution in [2.75, 3.05) is 41.3 Å². The smallest absolute Gasteiger partial charge is 0.232 e. The Labute approximate surface area is 128 Å². The number of nitrogens with one attached hydrogen (secondary N) is 1. The van der Waals surface area contributed by atoms with Gasteiger partial charge < -0.3 is 15.1 Å². The lowest BCUT2D eigenvalue weighted by Crippen LogP contribution is -2.31. The van der Waals surface area contributed by atoms with Crippen molar-refractivity contribution in [3.8, 4) is 0 Å². The third-order valence-electron chi connectivity index (χ3n) is 3.70. The quantitative estimate of drug-likeness (QED) is 0.755. The Morgan fingerprint density at radius 1 is 1.00 bits per heavy atom. The largest absolute Gasteiger partial charge is 0.354 e. The second-order valence-corrected chi connectivity index (χ2v) is 5.39. The van der Waals surface area contributed by atoms with Crippen LogP contribution in [-0.2, 0) is 0 Å². The van der Waals surface area contributed by atoms with Gasteiger partial charge in [-0.15, -0.1) is 0 Å². The monoisotopic (exact) mass is 292 g/mol. The molecule has 0 spiro atoms. The highest BCUT2D eigenvalue weighted by molar-refractivity contribution is 5.46. The van der Waals surface area contributed by atoms with Crippen molar-refractivity contribution in [3.63, 3.8) is 0 Å². The van der Waals surface area contributed by atoms with E-state index in [1.54, 1.807) is 0 Å². The van der Waals surface area contributed by atoms with Crippen LogP contribution in [0, 0.1) is 0 Å². The van der Waals surface area contributed by atoms with Crippen LogP contribution in [0.4, 0.5) is 17.8 Å². The first-order valence-electron chi connectivity index (χ1n) is 8.24. The molecule has 0 unspecified atom stereocenters. The van der Waals surface area contributed by atoms with Crippen LogP contribution in [0.1, 0.15) is 47.0 Å². The van der Waals surface area contributed by atoms with Crippen LogP contribution in [0.15, 0.2) is 0 Å². The summed E-state index contributed by atoms with van der Waals surface area (Å²) in [6.45, 7) is 12.2. The number of rotatable bonds is 9. The average Bonchev–Trinajstić information content (AvgIpc) is 3.31. The Morgan fingerprint density at radius 2 is 1.67 bits per heavy atom. The third kappa shape index (κ3) is 3.95. The van der Waals surface area contributed by atoms with Gasteiger partial charge in [0.2, 0.25) is 17.8 Å². The number of hydrogen-bond acceptors (Lipinski definition) is 6. The third-order valence-corrected chi connectivity index (χ3v) is 3.70. The summed E-state index contributed by atoms with van der Waals surface area (Å²) in [5.74, 6) is 2.29. The van der Waals surface area contributed by atoms with Gasteiger partial charge in [-0.3, -0.25) is 0 Å². The minimum Gasteiger partial charge on any atom is -0.354 e. The maximum atomic E-state index is 4.73. The van der Waals surface area contributed by atoms with Crippen LogP contribution in [-0.4, -0.2) is 47.2 Å². The molecule has 1 heterocycles. The van der Waals surface area contributed by atoms with E-state index in [4.69, 9.17) is 4.98 Å². The normalized spacial score (nSPS) is 14.1. The Balaban J connectivity index is 2.33. The summed E-state index contributed by atoms with van der Waals surface area (Å²) in [6, 6.07) is 0.617. The van der Waals surface area contributed by atoms with E-state index in [0.717, 1.165) is 44.5 Å². The van der Waals surface area contributed by atoms with Crippen LogP contribution >= 0.6 is 0 Å². The Morgan fingerprint density at radius 3 is 2.19 bits per heavy atom. The maximum absolute atomic E-state index is 4.73. The fraction of sp³-hybridized carbons (Fsp3) is 0.800. The Bertz CT molecular complexity index is 442. The molecule has 1 fully saturated rings. The fourth-order valence-corrected chi connectivity index (χ4v) is 2.44. The molecule has 1 aliphatic rings. The van der Waals surface area contributed by atoms with Gasteiger partial charge in [0.15, 0.2) is 0 Å². The molecule has 6 nitrogen and oxygen atoms in total. The predicted molar refractivity (Wildman–Crippen MR) is 88.2 cm³/mol. The van der Waals surface area contributed by atoms with E-state index in [2.05, 4.69) is 52.8 Å². The molecule has 1 aromatic rings. The highest BCUT2D eigenvalue weighted by atomic mass is 15.4. The van der Waals surface area contributed by atoms with Crippen molar-refractivity contribution >= 4 is 17.8 Å². The summed E-state index contributed by atoms with van der Waals surface area (Å²) in [5, 5.41) is 3.23. The van der Waals surface area contributed by atoms with E-state index in [1.165, 1.54) is 12.8 Å². The molecule has 0 bridgehead atoms. The van der Waals surface area contributed by atoms with Crippen LogP contribution in [0.3, 0.4) is 0 Å². The van der Waals surface area contributed by atoms with Crippen LogP contribution in [0.2, 0.25) is 0 Å². The van der Waals surface area contributed by atoms with Gasteiger partial charge in [0.1, 0.15) is 0 Å². The second kappa shape index (κ2) is 7.43. The summed E-state index contributed by atoms with van der Waals surface area (Å²) in [6.07, 6.45) is 3.62. The van der Waals surface area contributed by atoms with Crippen molar-refractivity contribution in [1.29, 1.82) is 0 Å². The second-order valence-electron chi connectivity index (χ2n) is 5.39. The lowest BCUT2D eigenvalue weighted by molar-refractivity contribution is 0.723. The van der Waals surface area contributed by atoms with Crippen LogP contribution < -0.4 is 15.1 Å². The lowest BCUT2D eigenvalue weighted by Gasteiger charge is -2.25. The van der Waals surface area contributed by atoms with Crippen LogP contribution in [0.25, 0.3) is 0 Å². The van der Waals surface area contributed by atoms with Crippen LogP contribution in [0.5, 0.6) is 0 Å². The van der Waals surface area contributed by atoms with Crippen molar-refractivity contribution in [2.45, 2.75) is 53.0 Å². The maximum Gasteiger partial charge on any atom is 0.232 e. The first-order chi connectivity index (χ1) is 10.2. The van der Waals surface area contributed by atoms with E-state index < -0.39 is 0 Å². The van der Waals surface area contributed by atoms with Gasteiger partial charge in [-0.2, -0.15) is 15.0 Å². The first-order valence-corrected chi connectivity index (χ1v) is 8.24. The number of nitrogens with zero attached hydrogens (tertiary/aromatic N) is 5. The number of anilines is 3. The van der Waals surface area contributed by atoms with Crippen molar-refractivity contribution < 1.29 is 0 Å². The SMILES string of the molecule is CCCN(c1nc(NCC)nc(N(CC)CC)n1)C1CC1. The zero-order valence-electron chi connectivity index (χ0n) is 13.8. The van der Waals surface area contributed by atoms with Crippen molar-refractivity contribution in [1.82, 2.24) is 15.0 Å². The topological polar surface area (TPSA) is 57.2 Å². The standard InChI is InChI=1S/C15H28N6/c1-5-11-21(12-9-10-12)15-18-13(16-6-2)17-14(19-15)20(7-3)8-4/h12H,5-11H2,1-4H3,(H,16,17,18,19). The highest BCUT2D eigenvalue weighted by Gasteiger charge is 2.31. The average molecular weight is 292 g/mol. The first kappa shape index (κ1) is 15.8. The van der Waals surface area contributed by atoms with Gasteiger partial charge >= 0.3 is 0 Å². The molecule has 0 atom stereocenters. The van der Waals surface area contributed by atoms with Gasteiger partial charge in [-0.25, -0.2) is 0 Å². The zero-order valence-corrected chi connectivity index (χ0v) is 13.8. The molecule has 1 aromatic heterocycles. The summed E-state index contributed by atoms with van der Waals surface area (Å²) in [7, 11) is 0. The van der Waals surface area contributed by atoms with E-state index in [0.29, 0.717) is 12.0 Å². The van der Waals surface area contributed by atoms with Crippen molar-refractivity contribution in [2.24, 2.45) is 0 Å². The predicted octanol–water partition coefficient (Wildman–Crippen LogP) is 2.53. The molecule has 21 heavy (non-hydrogen) atoms. The minimum absolute atomic E-state index is 0.617. The fourth-order valence-electron chi connectivity index (χ4n) is 2.44. The van der Waals surface area contributed by atoms with Gasteiger partial charge in [0.05, 0.1) is 0 Å². The van der Waals surface area contributed by atoms with E-state index in [-0.39, 0.29) is 0 Å².